The molecule has 0 saturated carbocycles. The highest BCUT2D eigenvalue weighted by Gasteiger charge is 2.05. The number of aromatic nitrogens is 1. The topological polar surface area (TPSA) is 94.3 Å². The Bertz CT molecular complexity index is 511. The van der Waals surface area contributed by atoms with Gasteiger partial charge in [0.25, 0.3) is 0 Å². The molecule has 1 aromatic heterocycles. The average Bonchev–Trinajstić information content (AvgIpc) is 2.94. The number of hydrogen-bond donors (Lipinski definition) is 5. The van der Waals surface area contributed by atoms with Crippen LogP contribution in [0.25, 0.3) is 11.1 Å². The number of H-pyrrole nitrogens is 1. The summed E-state index contributed by atoms with van der Waals surface area (Å²) in [6.07, 6.45) is 3.57. The van der Waals surface area contributed by atoms with Crippen LogP contribution in [0.1, 0.15) is 6.42 Å². The number of anilines is 2. The number of hydrogen-bond acceptors (Lipinski definition) is 4. The van der Waals surface area contributed by atoms with Crippen LogP contribution in [0.2, 0.25) is 0 Å². The highest BCUT2D eigenvalue weighted by atomic mass is 16.3. The summed E-state index contributed by atoms with van der Waals surface area (Å²) in [5.41, 5.74) is 9.63. The number of nitrogens with one attached hydrogen (secondary N) is 2. The van der Waals surface area contributed by atoms with Crippen LogP contribution in [0.15, 0.2) is 36.7 Å². The largest absolute Gasteiger partial charge is 0.398 e. The molecule has 19 heavy (non-hydrogen) atoms. The van der Waals surface area contributed by atoms with E-state index in [2.05, 4.69) is 10.3 Å². The van der Waals surface area contributed by atoms with Crippen molar-refractivity contribution in [3.8, 4) is 11.1 Å². The Labute approximate surface area is 112 Å². The quantitative estimate of drug-likeness (QED) is 0.508. The number of aromatic amines is 1. The molecule has 0 amide bonds. The minimum absolute atomic E-state index is 0.210. The number of benzene rings is 1. The highest BCUT2D eigenvalue weighted by Crippen LogP contribution is 2.28. The summed E-state index contributed by atoms with van der Waals surface area (Å²) in [6, 6.07) is 7.69. The lowest BCUT2D eigenvalue weighted by Crippen LogP contribution is -2.16. The Morgan fingerprint density at radius 3 is 2.84 bits per heavy atom. The molecule has 2 aromatic rings. The van der Waals surface area contributed by atoms with E-state index in [0.717, 1.165) is 22.5 Å². The smallest absolute Gasteiger partial charge is 0.0787 e. The zero-order valence-electron chi connectivity index (χ0n) is 10.6. The van der Waals surface area contributed by atoms with Crippen molar-refractivity contribution in [2.45, 2.75) is 12.5 Å². The van der Waals surface area contributed by atoms with Crippen molar-refractivity contribution in [2.75, 3.05) is 24.2 Å². The molecule has 0 spiro atoms. The molecule has 0 saturated heterocycles. The average molecular weight is 261 g/mol. The molecule has 1 atom stereocenters. The first-order chi connectivity index (χ1) is 9.20. The van der Waals surface area contributed by atoms with Gasteiger partial charge in [-0.05, 0) is 30.7 Å². The summed E-state index contributed by atoms with van der Waals surface area (Å²) in [5, 5.41) is 21.2. The summed E-state index contributed by atoms with van der Waals surface area (Å²) in [6.45, 7) is 0.385. The Balaban J connectivity index is 2.05. The van der Waals surface area contributed by atoms with Crippen molar-refractivity contribution in [2.24, 2.45) is 0 Å². The van der Waals surface area contributed by atoms with Gasteiger partial charge in [-0.2, -0.15) is 0 Å². The van der Waals surface area contributed by atoms with E-state index < -0.39 is 6.10 Å². The molecule has 1 aromatic carbocycles. The van der Waals surface area contributed by atoms with E-state index in [1.54, 1.807) is 0 Å². The van der Waals surface area contributed by atoms with E-state index >= 15 is 0 Å². The fourth-order valence-corrected chi connectivity index (χ4v) is 1.88. The Hall–Kier alpha value is -1.98. The van der Waals surface area contributed by atoms with Crippen LogP contribution in [-0.4, -0.2) is 34.5 Å². The first kappa shape index (κ1) is 13.5. The van der Waals surface area contributed by atoms with Crippen LogP contribution in [-0.2, 0) is 0 Å². The van der Waals surface area contributed by atoms with Gasteiger partial charge >= 0.3 is 0 Å². The third-order valence-electron chi connectivity index (χ3n) is 2.98. The van der Waals surface area contributed by atoms with Gasteiger partial charge in [0, 0.05) is 41.4 Å². The number of nitrogen functional groups attached to an aromatic ring is 1. The zero-order valence-corrected chi connectivity index (χ0v) is 10.6. The molecule has 5 nitrogen and oxygen atoms in total. The lowest BCUT2D eigenvalue weighted by molar-refractivity contribution is 0.0911. The van der Waals surface area contributed by atoms with Gasteiger partial charge < -0.3 is 26.2 Å². The lowest BCUT2D eigenvalue weighted by Gasteiger charge is -2.11. The van der Waals surface area contributed by atoms with Crippen LogP contribution < -0.4 is 11.1 Å². The molecule has 0 bridgehead atoms. The van der Waals surface area contributed by atoms with Crippen molar-refractivity contribution in [1.82, 2.24) is 4.98 Å². The van der Waals surface area contributed by atoms with E-state index in [1.807, 2.05) is 36.7 Å². The number of rotatable bonds is 6. The third-order valence-corrected chi connectivity index (χ3v) is 2.98. The number of aliphatic hydroxyl groups excluding tert-OH is 2. The molecule has 0 aliphatic rings. The minimum atomic E-state index is -0.676. The van der Waals surface area contributed by atoms with E-state index in [4.69, 9.17) is 10.8 Å². The first-order valence-electron chi connectivity index (χ1n) is 6.26. The van der Waals surface area contributed by atoms with Crippen molar-refractivity contribution < 1.29 is 10.2 Å². The maximum absolute atomic E-state index is 9.27. The van der Waals surface area contributed by atoms with Gasteiger partial charge in [-0.3, -0.25) is 0 Å². The van der Waals surface area contributed by atoms with Gasteiger partial charge in [-0.25, -0.2) is 0 Å². The molecular formula is C14H19N3O2. The first-order valence-corrected chi connectivity index (χ1v) is 6.26. The maximum Gasteiger partial charge on any atom is 0.0787 e. The molecule has 1 unspecified atom stereocenters. The van der Waals surface area contributed by atoms with E-state index in [9.17, 15) is 5.11 Å². The SMILES string of the molecule is Nc1ccc(NCCC(O)CO)cc1-c1cc[nH]c1. The molecule has 6 N–H and O–H groups in total. The monoisotopic (exact) mass is 261 g/mol. The second-order valence-electron chi connectivity index (χ2n) is 4.45. The summed E-state index contributed by atoms with van der Waals surface area (Å²) in [4.78, 5) is 3.00. The van der Waals surface area contributed by atoms with Gasteiger partial charge in [0.05, 0.1) is 12.7 Å². The predicted octanol–water partition coefficient (Wildman–Crippen LogP) is 1.42. The van der Waals surface area contributed by atoms with Crippen molar-refractivity contribution >= 4 is 11.4 Å². The van der Waals surface area contributed by atoms with Crippen LogP contribution in [0.4, 0.5) is 11.4 Å². The molecule has 5 heteroatoms. The van der Waals surface area contributed by atoms with E-state index in [1.165, 1.54) is 0 Å². The lowest BCUT2D eigenvalue weighted by atomic mass is 10.1. The van der Waals surface area contributed by atoms with Crippen molar-refractivity contribution in [3.63, 3.8) is 0 Å². The molecule has 102 valence electrons. The van der Waals surface area contributed by atoms with Crippen LogP contribution in [0, 0.1) is 0 Å². The Kier molecular flexibility index (Phi) is 4.43. The van der Waals surface area contributed by atoms with Gasteiger partial charge in [-0.15, -0.1) is 0 Å². The molecule has 1 heterocycles. The van der Waals surface area contributed by atoms with Gasteiger partial charge in [0.15, 0.2) is 0 Å². The van der Waals surface area contributed by atoms with Crippen LogP contribution in [0.3, 0.4) is 0 Å². The molecule has 0 radical (unpaired) electrons. The van der Waals surface area contributed by atoms with Crippen molar-refractivity contribution in [3.05, 3.63) is 36.7 Å². The predicted molar refractivity (Wildman–Crippen MR) is 76.8 cm³/mol. The highest BCUT2D eigenvalue weighted by molar-refractivity contribution is 5.79. The number of nitrogens with two attached hydrogens (primary N) is 1. The minimum Gasteiger partial charge on any atom is -0.398 e. The number of aliphatic hydroxyl groups is 2. The molecule has 0 aliphatic heterocycles. The molecule has 2 rings (SSSR count). The fourth-order valence-electron chi connectivity index (χ4n) is 1.88. The summed E-state index contributed by atoms with van der Waals surface area (Å²) < 4.78 is 0. The van der Waals surface area contributed by atoms with Gasteiger partial charge in [0.2, 0.25) is 0 Å². The standard InChI is InChI=1S/C14H19N3O2/c15-14-2-1-11(17-6-4-12(19)9-18)7-13(14)10-3-5-16-8-10/h1-3,5,7-8,12,16-19H,4,6,9,15H2. The van der Waals surface area contributed by atoms with Crippen LogP contribution in [0.5, 0.6) is 0 Å². The molecule has 0 fully saturated rings. The zero-order chi connectivity index (χ0) is 13.7. The second-order valence-corrected chi connectivity index (χ2v) is 4.45. The second kappa shape index (κ2) is 6.26. The summed E-state index contributed by atoms with van der Waals surface area (Å²) >= 11 is 0. The molecular weight excluding hydrogens is 242 g/mol. The van der Waals surface area contributed by atoms with Crippen molar-refractivity contribution in [1.29, 1.82) is 0 Å². The van der Waals surface area contributed by atoms with Crippen LogP contribution >= 0.6 is 0 Å². The third kappa shape index (κ3) is 3.49. The normalized spacial score (nSPS) is 12.3. The fraction of sp³-hybridized carbons (Fsp3) is 0.286. The Morgan fingerprint density at radius 2 is 2.16 bits per heavy atom. The van der Waals surface area contributed by atoms with E-state index in [-0.39, 0.29) is 6.61 Å². The summed E-state index contributed by atoms with van der Waals surface area (Å²) in [5.74, 6) is 0. The Morgan fingerprint density at radius 1 is 1.32 bits per heavy atom. The van der Waals surface area contributed by atoms with E-state index in [0.29, 0.717) is 13.0 Å². The maximum atomic E-state index is 9.27. The van der Waals surface area contributed by atoms with Gasteiger partial charge in [-0.1, -0.05) is 0 Å². The molecule has 0 aliphatic carbocycles. The van der Waals surface area contributed by atoms with Gasteiger partial charge in [0.1, 0.15) is 0 Å². The summed E-state index contributed by atoms with van der Waals surface area (Å²) in [7, 11) is 0.